The molecule has 0 aromatic heterocycles. The zero-order valence-corrected chi connectivity index (χ0v) is 10.6. The van der Waals surface area contributed by atoms with E-state index in [1.165, 1.54) is 24.6 Å². The van der Waals surface area contributed by atoms with Gasteiger partial charge in [0.2, 0.25) is 0 Å². The second kappa shape index (κ2) is 5.76. The number of benzene rings is 1. The Morgan fingerprint density at radius 3 is 2.50 bits per heavy atom. The van der Waals surface area contributed by atoms with Gasteiger partial charge in [-0.05, 0) is 43.2 Å². The molecule has 0 spiro atoms. The Labute approximate surface area is 107 Å². The van der Waals surface area contributed by atoms with E-state index in [9.17, 15) is 8.78 Å². The van der Waals surface area contributed by atoms with Crippen molar-refractivity contribution in [2.45, 2.75) is 38.6 Å². The highest BCUT2D eigenvalue weighted by Crippen LogP contribution is 2.33. The normalized spacial score (nSPS) is 25.3. The first-order valence-electron chi connectivity index (χ1n) is 6.50. The van der Waals surface area contributed by atoms with Crippen LogP contribution in [0.15, 0.2) is 18.2 Å². The van der Waals surface area contributed by atoms with Gasteiger partial charge in [-0.25, -0.2) is 8.78 Å². The van der Waals surface area contributed by atoms with E-state index in [2.05, 4.69) is 12.3 Å². The van der Waals surface area contributed by atoms with Gasteiger partial charge in [0.15, 0.2) is 0 Å². The highest BCUT2D eigenvalue weighted by molar-refractivity contribution is 5.21. The Bertz CT molecular complexity index is 389. The summed E-state index contributed by atoms with van der Waals surface area (Å²) in [6.45, 7) is 2.21. The first-order chi connectivity index (χ1) is 8.61. The number of rotatable bonds is 4. The van der Waals surface area contributed by atoms with Gasteiger partial charge < -0.3 is 0 Å². The Morgan fingerprint density at radius 1 is 1.33 bits per heavy atom. The molecule has 1 aromatic rings. The van der Waals surface area contributed by atoms with E-state index in [1.54, 1.807) is 0 Å². The van der Waals surface area contributed by atoms with Gasteiger partial charge in [-0.2, -0.15) is 0 Å². The number of hydrogen-bond acceptors (Lipinski definition) is 2. The van der Waals surface area contributed by atoms with Crippen molar-refractivity contribution in [1.29, 1.82) is 0 Å². The summed E-state index contributed by atoms with van der Waals surface area (Å²) in [5.41, 5.74) is 2.87. The summed E-state index contributed by atoms with van der Waals surface area (Å²) in [6.07, 6.45) is 3.63. The number of nitrogens with one attached hydrogen (secondary N) is 1. The molecule has 0 amide bonds. The maximum absolute atomic E-state index is 13.6. The summed E-state index contributed by atoms with van der Waals surface area (Å²) in [5.74, 6) is 5.66. The van der Waals surface area contributed by atoms with Crippen LogP contribution in [0.1, 0.15) is 31.7 Å². The second-order valence-electron chi connectivity index (χ2n) is 5.36. The summed E-state index contributed by atoms with van der Waals surface area (Å²) in [5, 5.41) is 0. The highest BCUT2D eigenvalue weighted by Gasteiger charge is 2.29. The van der Waals surface area contributed by atoms with E-state index in [0.29, 0.717) is 18.3 Å². The molecule has 1 aromatic carbocycles. The lowest BCUT2D eigenvalue weighted by molar-refractivity contribution is 0.345. The molecule has 0 saturated heterocycles. The number of nitrogens with two attached hydrogens (primary N) is 1. The molecule has 0 bridgehead atoms. The first kappa shape index (κ1) is 13.4. The maximum Gasteiger partial charge on any atom is 0.129 e. The average Bonchev–Trinajstić information content (AvgIpc) is 2.76. The molecule has 2 rings (SSSR count). The van der Waals surface area contributed by atoms with Crippen LogP contribution < -0.4 is 11.3 Å². The zero-order valence-electron chi connectivity index (χ0n) is 10.6. The predicted molar refractivity (Wildman–Crippen MR) is 67.7 cm³/mol. The van der Waals surface area contributed by atoms with Crippen LogP contribution in [0, 0.1) is 23.5 Å². The lowest BCUT2D eigenvalue weighted by Gasteiger charge is -2.23. The van der Waals surface area contributed by atoms with Gasteiger partial charge in [0, 0.05) is 11.6 Å². The predicted octanol–water partition coefficient (Wildman–Crippen LogP) is 2.78. The second-order valence-corrected chi connectivity index (χ2v) is 5.36. The van der Waals surface area contributed by atoms with Crippen LogP contribution in [0.3, 0.4) is 0 Å². The molecule has 1 aliphatic carbocycles. The fourth-order valence-electron chi connectivity index (χ4n) is 2.93. The largest absolute Gasteiger partial charge is 0.271 e. The molecular formula is C14H20F2N2. The molecule has 3 atom stereocenters. The molecule has 0 aliphatic heterocycles. The van der Waals surface area contributed by atoms with Crippen molar-refractivity contribution >= 4 is 0 Å². The topological polar surface area (TPSA) is 38.0 Å². The third kappa shape index (κ3) is 2.87. The summed E-state index contributed by atoms with van der Waals surface area (Å²) < 4.78 is 27.2. The minimum atomic E-state index is -0.485. The summed E-state index contributed by atoms with van der Waals surface area (Å²) in [6, 6.07) is 3.92. The van der Waals surface area contributed by atoms with Crippen LogP contribution in [0.2, 0.25) is 0 Å². The van der Waals surface area contributed by atoms with E-state index in [0.717, 1.165) is 12.8 Å². The molecule has 1 fully saturated rings. The molecule has 4 heteroatoms. The average molecular weight is 254 g/mol. The molecule has 1 aliphatic rings. The van der Waals surface area contributed by atoms with Crippen LogP contribution in [-0.4, -0.2) is 6.04 Å². The highest BCUT2D eigenvalue weighted by atomic mass is 19.1. The molecular weight excluding hydrogens is 234 g/mol. The standard InChI is InChI=1S/C14H20F2N2/c1-9-5-6-10(7-9)14(18-17)8-11-12(15)3-2-4-13(11)16/h2-4,9-10,14,18H,5-8,17H2,1H3. The zero-order chi connectivity index (χ0) is 13.1. The molecule has 0 radical (unpaired) electrons. The smallest absolute Gasteiger partial charge is 0.129 e. The molecule has 100 valence electrons. The minimum absolute atomic E-state index is 0.0543. The molecule has 3 unspecified atom stereocenters. The van der Waals surface area contributed by atoms with Crippen LogP contribution in [0.25, 0.3) is 0 Å². The monoisotopic (exact) mass is 254 g/mol. The van der Waals surface area contributed by atoms with Crippen molar-refractivity contribution in [2.24, 2.45) is 17.7 Å². The molecule has 2 nitrogen and oxygen atoms in total. The van der Waals surface area contributed by atoms with Crippen molar-refractivity contribution in [3.8, 4) is 0 Å². The van der Waals surface area contributed by atoms with Crippen LogP contribution in [-0.2, 0) is 6.42 Å². The third-order valence-corrected chi connectivity index (χ3v) is 4.00. The molecule has 18 heavy (non-hydrogen) atoms. The molecule has 3 N–H and O–H groups in total. The Hall–Kier alpha value is -1.00. The van der Waals surface area contributed by atoms with Gasteiger partial charge in [0.1, 0.15) is 11.6 Å². The first-order valence-corrected chi connectivity index (χ1v) is 6.50. The van der Waals surface area contributed by atoms with Gasteiger partial charge in [-0.1, -0.05) is 19.4 Å². The van der Waals surface area contributed by atoms with Gasteiger partial charge >= 0.3 is 0 Å². The van der Waals surface area contributed by atoms with Gasteiger partial charge in [-0.3, -0.25) is 11.3 Å². The summed E-state index contributed by atoms with van der Waals surface area (Å²) >= 11 is 0. The number of hydrogen-bond donors (Lipinski definition) is 2. The van der Waals surface area contributed by atoms with Gasteiger partial charge in [0.05, 0.1) is 0 Å². The Balaban J connectivity index is 2.10. The Morgan fingerprint density at radius 2 is 2.00 bits per heavy atom. The summed E-state index contributed by atoms with van der Waals surface area (Å²) in [7, 11) is 0. The Kier molecular flexibility index (Phi) is 4.30. The van der Waals surface area contributed by atoms with Crippen molar-refractivity contribution in [3.05, 3.63) is 35.4 Å². The van der Waals surface area contributed by atoms with Gasteiger partial charge in [0.25, 0.3) is 0 Å². The van der Waals surface area contributed by atoms with Gasteiger partial charge in [-0.15, -0.1) is 0 Å². The van der Waals surface area contributed by atoms with Crippen LogP contribution >= 0.6 is 0 Å². The maximum atomic E-state index is 13.6. The molecule has 1 saturated carbocycles. The SMILES string of the molecule is CC1CCC(C(Cc2c(F)cccc2F)NN)C1. The van der Waals surface area contributed by atoms with Crippen LogP contribution in [0.5, 0.6) is 0 Å². The van der Waals surface area contributed by atoms with Crippen molar-refractivity contribution < 1.29 is 8.78 Å². The van der Waals surface area contributed by atoms with E-state index in [1.807, 2.05) is 0 Å². The van der Waals surface area contributed by atoms with E-state index in [4.69, 9.17) is 5.84 Å². The lowest BCUT2D eigenvalue weighted by atomic mass is 9.91. The fraction of sp³-hybridized carbons (Fsp3) is 0.571. The minimum Gasteiger partial charge on any atom is -0.271 e. The number of hydrazine groups is 1. The van der Waals surface area contributed by atoms with E-state index < -0.39 is 11.6 Å². The van der Waals surface area contributed by atoms with E-state index >= 15 is 0 Å². The van der Waals surface area contributed by atoms with Crippen molar-refractivity contribution in [2.75, 3.05) is 0 Å². The van der Waals surface area contributed by atoms with Crippen LogP contribution in [0.4, 0.5) is 8.78 Å². The quantitative estimate of drug-likeness (QED) is 0.640. The van der Waals surface area contributed by atoms with E-state index in [-0.39, 0.29) is 11.6 Å². The number of halogens is 2. The lowest BCUT2D eigenvalue weighted by Crippen LogP contribution is -2.42. The summed E-state index contributed by atoms with van der Waals surface area (Å²) in [4.78, 5) is 0. The van der Waals surface area contributed by atoms with Crippen molar-refractivity contribution in [3.63, 3.8) is 0 Å². The third-order valence-electron chi connectivity index (χ3n) is 4.00. The van der Waals surface area contributed by atoms with Crippen molar-refractivity contribution in [1.82, 2.24) is 5.43 Å². The molecule has 0 heterocycles. The fourth-order valence-corrected chi connectivity index (χ4v) is 2.93.